The average Bonchev–Trinajstić information content (AvgIpc) is 2.75. The quantitative estimate of drug-likeness (QED) is 0.581. The van der Waals surface area contributed by atoms with Crippen LogP contribution >= 0.6 is 0 Å². The monoisotopic (exact) mass is 378 g/mol. The van der Waals surface area contributed by atoms with Gasteiger partial charge in [-0.1, -0.05) is 36.0 Å². The largest absolute Gasteiger partial charge is 0.376 e. The summed E-state index contributed by atoms with van der Waals surface area (Å²) in [5, 5.41) is 0. The zero-order valence-electron chi connectivity index (χ0n) is 17.9. The van der Waals surface area contributed by atoms with Crippen molar-refractivity contribution in [2.45, 2.75) is 63.8 Å². The number of fused-ring (bicyclic) bond motifs is 2. The summed E-state index contributed by atoms with van der Waals surface area (Å²) in [7, 11) is 4.74. The maximum absolute atomic E-state index is 2.69. The second-order valence-corrected chi connectivity index (χ2v) is 9.99. The molecule has 0 aromatic carbocycles. The van der Waals surface area contributed by atoms with E-state index in [0.29, 0.717) is 17.9 Å². The molecule has 0 aromatic heterocycles. The lowest BCUT2D eigenvalue weighted by Crippen LogP contribution is -2.54. The van der Waals surface area contributed by atoms with E-state index in [4.69, 9.17) is 0 Å². The van der Waals surface area contributed by atoms with Crippen LogP contribution in [0.2, 0.25) is 0 Å². The first-order valence-electron chi connectivity index (χ1n) is 11.9. The molecule has 2 heterocycles. The summed E-state index contributed by atoms with van der Waals surface area (Å²) in [4.78, 5) is 5.31. The molecule has 5 atom stereocenters. The van der Waals surface area contributed by atoms with E-state index in [1.807, 2.05) is 0 Å². The van der Waals surface area contributed by atoms with Crippen LogP contribution in [0.1, 0.15) is 57.8 Å². The smallest absolute Gasteiger partial charge is 0.0563 e. The van der Waals surface area contributed by atoms with Crippen molar-refractivity contribution in [2.75, 3.05) is 27.2 Å². The minimum atomic E-state index is 0.599. The Kier molecular flexibility index (Phi) is 5.26. The second-order valence-electron chi connectivity index (χ2n) is 9.99. The number of allylic oxidation sites excluding steroid dienone is 6. The third kappa shape index (κ3) is 3.22. The molecule has 152 valence electrons. The van der Waals surface area contributed by atoms with E-state index in [9.17, 15) is 0 Å². The van der Waals surface area contributed by atoms with E-state index in [0.717, 1.165) is 11.8 Å². The van der Waals surface area contributed by atoms with Crippen LogP contribution in [0.15, 0.2) is 47.2 Å². The Hall–Kier alpha value is -1.28. The molecule has 5 unspecified atom stereocenters. The summed E-state index contributed by atoms with van der Waals surface area (Å²) in [5.41, 5.74) is 5.09. The highest BCUT2D eigenvalue weighted by molar-refractivity contribution is 5.43. The SMILES string of the molecule is CN1CCC(C2=CCCCC2)C2=C1C1C(C=C2)C(C2CC=CCC2)CCN1C. The van der Waals surface area contributed by atoms with Gasteiger partial charge in [-0.05, 0) is 88.8 Å². The number of likely N-dealkylation sites (tertiary alicyclic amines) is 1. The van der Waals surface area contributed by atoms with Crippen LogP contribution in [-0.4, -0.2) is 43.0 Å². The number of piperidine rings is 1. The van der Waals surface area contributed by atoms with E-state index in [2.05, 4.69) is 54.3 Å². The minimum absolute atomic E-state index is 0.599. The molecule has 2 nitrogen and oxygen atoms in total. The van der Waals surface area contributed by atoms with Gasteiger partial charge in [0.15, 0.2) is 0 Å². The van der Waals surface area contributed by atoms with E-state index < -0.39 is 0 Å². The first-order chi connectivity index (χ1) is 13.7. The van der Waals surface area contributed by atoms with Crippen LogP contribution in [0.3, 0.4) is 0 Å². The summed E-state index contributed by atoms with van der Waals surface area (Å²) >= 11 is 0. The van der Waals surface area contributed by atoms with E-state index in [-0.39, 0.29) is 0 Å². The number of likely N-dealkylation sites (N-methyl/N-ethyl adjacent to an activating group) is 2. The molecule has 1 saturated heterocycles. The van der Waals surface area contributed by atoms with Crippen molar-refractivity contribution in [1.82, 2.24) is 9.80 Å². The third-order valence-corrected chi connectivity index (χ3v) is 8.45. The first kappa shape index (κ1) is 18.7. The van der Waals surface area contributed by atoms with Crippen LogP contribution < -0.4 is 0 Å². The molecule has 0 spiro atoms. The van der Waals surface area contributed by atoms with Gasteiger partial charge in [-0.3, -0.25) is 4.90 Å². The Bertz CT molecular complexity index is 712. The molecule has 3 aliphatic carbocycles. The molecule has 0 radical (unpaired) electrons. The number of rotatable bonds is 2. The second kappa shape index (κ2) is 7.86. The standard InChI is InChI=1S/C26H38N2/c1-27-17-15-21(19-9-5-3-6-10-19)23-13-14-24-22(20-11-7-4-8-12-20)16-18-28(2)26(24)25(23)27/h3,5,11,13-14,19,21-23,25H,4,6-10,12,15-18H2,1-2H3. The van der Waals surface area contributed by atoms with Crippen molar-refractivity contribution < 1.29 is 0 Å². The molecule has 2 heteroatoms. The highest BCUT2D eigenvalue weighted by atomic mass is 15.2. The molecule has 0 amide bonds. The number of nitrogens with zero attached hydrogens (tertiary/aromatic N) is 2. The van der Waals surface area contributed by atoms with Crippen molar-refractivity contribution in [3.05, 3.63) is 47.2 Å². The van der Waals surface area contributed by atoms with Gasteiger partial charge >= 0.3 is 0 Å². The molecular formula is C26H38N2. The van der Waals surface area contributed by atoms with E-state index in [1.165, 1.54) is 70.9 Å². The molecule has 0 saturated carbocycles. The van der Waals surface area contributed by atoms with Crippen molar-refractivity contribution in [1.29, 1.82) is 0 Å². The fraction of sp³-hybridized carbons (Fsp3) is 0.692. The van der Waals surface area contributed by atoms with Gasteiger partial charge in [-0.2, -0.15) is 0 Å². The molecule has 5 rings (SSSR count). The van der Waals surface area contributed by atoms with Gasteiger partial charge in [0.2, 0.25) is 0 Å². The summed E-state index contributed by atoms with van der Waals surface area (Å²) in [6, 6.07) is 0.599. The van der Waals surface area contributed by atoms with Crippen molar-refractivity contribution in [3.63, 3.8) is 0 Å². The first-order valence-corrected chi connectivity index (χ1v) is 11.9. The maximum Gasteiger partial charge on any atom is 0.0563 e. The lowest BCUT2D eigenvalue weighted by Gasteiger charge is -2.52. The summed E-state index contributed by atoms with van der Waals surface area (Å²) in [6.45, 7) is 2.49. The van der Waals surface area contributed by atoms with E-state index in [1.54, 1.807) is 16.8 Å². The predicted molar refractivity (Wildman–Crippen MR) is 118 cm³/mol. The predicted octanol–water partition coefficient (Wildman–Crippen LogP) is 5.56. The van der Waals surface area contributed by atoms with Crippen LogP contribution in [0.5, 0.6) is 0 Å². The van der Waals surface area contributed by atoms with Crippen LogP contribution in [0.4, 0.5) is 0 Å². The highest BCUT2D eigenvalue weighted by Gasteiger charge is 2.45. The summed E-state index contributed by atoms with van der Waals surface area (Å²) < 4.78 is 0. The molecular weight excluding hydrogens is 340 g/mol. The molecule has 1 fully saturated rings. The summed E-state index contributed by atoms with van der Waals surface area (Å²) in [5.74, 6) is 3.15. The van der Waals surface area contributed by atoms with Crippen LogP contribution in [0, 0.1) is 23.7 Å². The van der Waals surface area contributed by atoms with Gasteiger partial charge in [0.1, 0.15) is 0 Å². The number of hydrogen-bond donors (Lipinski definition) is 0. The highest BCUT2D eigenvalue weighted by Crippen LogP contribution is 2.48. The van der Waals surface area contributed by atoms with E-state index >= 15 is 0 Å². The molecule has 0 bridgehead atoms. The molecule has 0 N–H and O–H groups in total. The van der Waals surface area contributed by atoms with Gasteiger partial charge in [-0.15, -0.1) is 0 Å². The van der Waals surface area contributed by atoms with Gasteiger partial charge < -0.3 is 4.90 Å². The Morgan fingerprint density at radius 2 is 1.89 bits per heavy atom. The molecule has 5 aliphatic rings. The zero-order chi connectivity index (χ0) is 19.1. The Labute approximate surface area is 172 Å². The van der Waals surface area contributed by atoms with Crippen LogP contribution in [-0.2, 0) is 0 Å². The Morgan fingerprint density at radius 1 is 0.964 bits per heavy atom. The van der Waals surface area contributed by atoms with Crippen molar-refractivity contribution >= 4 is 0 Å². The molecule has 2 aliphatic heterocycles. The van der Waals surface area contributed by atoms with Crippen molar-refractivity contribution in [2.24, 2.45) is 23.7 Å². The third-order valence-electron chi connectivity index (χ3n) is 8.45. The lowest BCUT2D eigenvalue weighted by molar-refractivity contribution is 0.0588. The minimum Gasteiger partial charge on any atom is -0.376 e. The summed E-state index contributed by atoms with van der Waals surface area (Å²) in [6.07, 6.45) is 24.8. The molecule has 0 aromatic rings. The van der Waals surface area contributed by atoms with Gasteiger partial charge in [0.05, 0.1) is 6.04 Å². The number of hydrogen-bond acceptors (Lipinski definition) is 2. The lowest BCUT2D eigenvalue weighted by atomic mass is 9.65. The van der Waals surface area contributed by atoms with Gasteiger partial charge in [0.25, 0.3) is 0 Å². The maximum atomic E-state index is 2.69. The normalized spacial score (nSPS) is 38.9. The Morgan fingerprint density at radius 3 is 2.68 bits per heavy atom. The topological polar surface area (TPSA) is 6.48 Å². The molecule has 28 heavy (non-hydrogen) atoms. The van der Waals surface area contributed by atoms with Gasteiger partial charge in [0, 0.05) is 31.1 Å². The fourth-order valence-corrected chi connectivity index (χ4v) is 6.98. The van der Waals surface area contributed by atoms with Gasteiger partial charge in [-0.25, -0.2) is 0 Å². The van der Waals surface area contributed by atoms with Crippen molar-refractivity contribution in [3.8, 4) is 0 Å². The fourth-order valence-electron chi connectivity index (χ4n) is 6.98. The zero-order valence-corrected chi connectivity index (χ0v) is 17.9. The van der Waals surface area contributed by atoms with Crippen LogP contribution in [0.25, 0.3) is 0 Å². The average molecular weight is 379 g/mol. The Balaban J connectivity index is 1.49.